The minimum Gasteiger partial charge on any atom is -0.378 e. The maximum Gasteiger partial charge on any atom is 0.260 e. The van der Waals surface area contributed by atoms with Crippen molar-refractivity contribution in [2.24, 2.45) is 10.9 Å². The van der Waals surface area contributed by atoms with Crippen LogP contribution in [0.1, 0.15) is 44.9 Å². The number of fused-ring (bicyclic) bond motifs is 5. The van der Waals surface area contributed by atoms with Gasteiger partial charge in [-0.25, -0.2) is 4.99 Å². The lowest BCUT2D eigenvalue weighted by atomic mass is 9.82. The summed E-state index contributed by atoms with van der Waals surface area (Å²) in [5, 5.41) is 4.88. The van der Waals surface area contributed by atoms with Crippen LogP contribution in [0.25, 0.3) is 0 Å². The van der Waals surface area contributed by atoms with Gasteiger partial charge in [-0.1, -0.05) is 12.8 Å². The Morgan fingerprint density at radius 1 is 1.03 bits per heavy atom. The van der Waals surface area contributed by atoms with E-state index in [1.54, 1.807) is 11.8 Å². The smallest absolute Gasteiger partial charge is 0.260 e. The number of hydrogen-bond acceptors (Lipinski definition) is 8. The van der Waals surface area contributed by atoms with Crippen molar-refractivity contribution in [1.29, 1.82) is 0 Å². The average Bonchev–Trinajstić information content (AvgIpc) is 3.03. The number of ketones is 1. The first-order valence-electron chi connectivity index (χ1n) is 12.9. The molecule has 8 nitrogen and oxygen atoms in total. The standard InChI is InChI=1S/C24H35N5O3S/c30-21-16-6-7-19(27-10-3-8-25-9-11-27)26-22(16)29-17-4-1-2-5-18(17)33-24(29)20(21)23(31)28-12-14-32-15-13-28/h16-18,22,25H,1-15H2. The van der Waals surface area contributed by atoms with Crippen molar-refractivity contribution in [2.75, 3.05) is 52.5 Å². The number of amidine groups is 1. The van der Waals surface area contributed by atoms with Gasteiger partial charge in [0.2, 0.25) is 0 Å². The maximum absolute atomic E-state index is 13.9. The van der Waals surface area contributed by atoms with Gasteiger partial charge in [-0.3, -0.25) is 9.59 Å². The van der Waals surface area contributed by atoms with Crippen LogP contribution in [0, 0.1) is 5.92 Å². The summed E-state index contributed by atoms with van der Waals surface area (Å²) < 4.78 is 5.45. The topological polar surface area (TPSA) is 77.5 Å². The molecular weight excluding hydrogens is 438 g/mol. The fraction of sp³-hybridized carbons (Fsp3) is 0.792. The molecule has 9 heteroatoms. The van der Waals surface area contributed by atoms with E-state index in [9.17, 15) is 9.59 Å². The Kier molecular flexibility index (Phi) is 6.13. The van der Waals surface area contributed by atoms with E-state index in [0.717, 1.165) is 63.3 Å². The normalized spacial score (nSPS) is 35.0. The van der Waals surface area contributed by atoms with Gasteiger partial charge in [-0.05, 0) is 32.2 Å². The van der Waals surface area contributed by atoms with Gasteiger partial charge in [-0.2, -0.15) is 0 Å². The molecule has 4 atom stereocenters. The van der Waals surface area contributed by atoms with Crippen molar-refractivity contribution in [3.05, 3.63) is 10.6 Å². The second-order valence-electron chi connectivity index (χ2n) is 10.1. The first-order valence-corrected chi connectivity index (χ1v) is 13.7. The molecule has 4 fully saturated rings. The minimum absolute atomic E-state index is 0.0363. The van der Waals surface area contributed by atoms with Gasteiger partial charge in [0.25, 0.3) is 5.91 Å². The Bertz CT molecular complexity index is 862. The first-order chi connectivity index (χ1) is 16.2. The highest BCUT2D eigenvalue weighted by Gasteiger charge is 2.54. The summed E-state index contributed by atoms with van der Waals surface area (Å²) in [4.78, 5) is 39.5. The predicted molar refractivity (Wildman–Crippen MR) is 128 cm³/mol. The van der Waals surface area contributed by atoms with Crippen molar-refractivity contribution in [3.8, 4) is 0 Å². The molecule has 1 amide bonds. The summed E-state index contributed by atoms with van der Waals surface area (Å²) in [6, 6.07) is 0.390. The third kappa shape index (κ3) is 3.90. The van der Waals surface area contributed by atoms with Crippen LogP contribution in [-0.2, 0) is 14.3 Å². The minimum atomic E-state index is -0.205. The predicted octanol–water partition coefficient (Wildman–Crippen LogP) is 1.43. The van der Waals surface area contributed by atoms with Gasteiger partial charge >= 0.3 is 0 Å². The third-order valence-electron chi connectivity index (χ3n) is 8.14. The maximum atomic E-state index is 13.9. The van der Waals surface area contributed by atoms with Gasteiger partial charge in [0, 0.05) is 50.4 Å². The molecule has 4 unspecified atom stereocenters. The molecule has 0 aromatic rings. The number of ether oxygens (including phenoxy) is 1. The van der Waals surface area contributed by atoms with E-state index in [-0.39, 0.29) is 23.8 Å². The second kappa shape index (κ2) is 9.23. The number of nitrogens with one attached hydrogen (secondary N) is 1. The summed E-state index contributed by atoms with van der Waals surface area (Å²) in [5.74, 6) is 0.915. The fourth-order valence-corrected chi connectivity index (χ4v) is 8.08. The molecule has 0 radical (unpaired) electrons. The molecule has 0 bridgehead atoms. The lowest BCUT2D eigenvalue weighted by molar-refractivity contribution is -0.135. The number of thioether (sulfide) groups is 1. The molecule has 180 valence electrons. The van der Waals surface area contributed by atoms with Crippen LogP contribution in [0.4, 0.5) is 0 Å². The van der Waals surface area contributed by atoms with Crippen LogP contribution in [0.5, 0.6) is 0 Å². The monoisotopic (exact) mass is 473 g/mol. The zero-order valence-corrected chi connectivity index (χ0v) is 20.2. The average molecular weight is 474 g/mol. The summed E-state index contributed by atoms with van der Waals surface area (Å²) in [7, 11) is 0. The molecule has 3 saturated heterocycles. The van der Waals surface area contributed by atoms with Crippen molar-refractivity contribution in [2.45, 2.75) is 62.4 Å². The lowest BCUT2D eigenvalue weighted by Crippen LogP contribution is -2.55. The quantitative estimate of drug-likeness (QED) is 0.578. The zero-order chi connectivity index (χ0) is 22.4. The number of hydrogen-bond donors (Lipinski definition) is 1. The molecule has 1 aliphatic carbocycles. The van der Waals surface area contributed by atoms with Crippen LogP contribution in [-0.4, -0.2) is 102 Å². The molecule has 0 aromatic heterocycles. The highest BCUT2D eigenvalue weighted by molar-refractivity contribution is 8.04. The Morgan fingerprint density at radius 3 is 2.76 bits per heavy atom. The van der Waals surface area contributed by atoms with Gasteiger partial charge in [0.15, 0.2) is 5.78 Å². The van der Waals surface area contributed by atoms with Crippen molar-refractivity contribution >= 4 is 29.3 Å². The zero-order valence-electron chi connectivity index (χ0n) is 19.3. The molecular formula is C24H35N5O3S. The van der Waals surface area contributed by atoms with Gasteiger partial charge < -0.3 is 24.8 Å². The number of morpholine rings is 1. The molecule has 6 rings (SSSR count). The molecule has 6 aliphatic rings. The Balaban J connectivity index is 1.37. The van der Waals surface area contributed by atoms with Crippen molar-refractivity contribution in [1.82, 2.24) is 20.0 Å². The highest BCUT2D eigenvalue weighted by Crippen LogP contribution is 2.52. The Labute approximate surface area is 200 Å². The van der Waals surface area contributed by atoms with Crippen LogP contribution >= 0.6 is 11.8 Å². The van der Waals surface area contributed by atoms with E-state index in [1.165, 1.54) is 18.7 Å². The summed E-state index contributed by atoms with van der Waals surface area (Å²) >= 11 is 1.79. The number of amides is 1. The van der Waals surface area contributed by atoms with E-state index in [0.29, 0.717) is 43.2 Å². The number of carbonyl (C=O) groups excluding carboxylic acids is 2. The van der Waals surface area contributed by atoms with Gasteiger partial charge in [0.1, 0.15) is 17.6 Å². The summed E-state index contributed by atoms with van der Waals surface area (Å²) in [5.41, 5.74) is 0.454. The summed E-state index contributed by atoms with van der Waals surface area (Å²) in [6.45, 7) is 6.29. The number of rotatable bonds is 1. The third-order valence-corrected chi connectivity index (χ3v) is 9.63. The highest BCUT2D eigenvalue weighted by atomic mass is 32.2. The molecule has 1 saturated carbocycles. The molecule has 0 spiro atoms. The summed E-state index contributed by atoms with van der Waals surface area (Å²) in [6.07, 6.45) is 7.35. The van der Waals surface area contributed by atoms with E-state index in [4.69, 9.17) is 9.73 Å². The number of aliphatic imine (C=N–C) groups is 1. The van der Waals surface area contributed by atoms with Crippen LogP contribution in [0.2, 0.25) is 0 Å². The van der Waals surface area contributed by atoms with Gasteiger partial charge in [-0.15, -0.1) is 11.8 Å². The fourth-order valence-electron chi connectivity index (χ4n) is 6.41. The first kappa shape index (κ1) is 21.9. The molecule has 33 heavy (non-hydrogen) atoms. The van der Waals surface area contributed by atoms with Crippen LogP contribution in [0.15, 0.2) is 15.6 Å². The van der Waals surface area contributed by atoms with Crippen LogP contribution < -0.4 is 5.32 Å². The number of nitrogens with zero attached hydrogens (tertiary/aromatic N) is 4. The van der Waals surface area contributed by atoms with Crippen molar-refractivity contribution < 1.29 is 14.3 Å². The number of carbonyl (C=O) groups is 2. The van der Waals surface area contributed by atoms with E-state index < -0.39 is 0 Å². The SMILES string of the molecule is O=C1C(C(=O)N2CCOCC2)=C2SC3CCCCC3N2C2N=C(N3CCCNCC3)CCC12. The molecule has 5 heterocycles. The Hall–Kier alpha value is -1.58. The molecule has 1 N–H and O–H groups in total. The van der Waals surface area contributed by atoms with Crippen LogP contribution in [0.3, 0.4) is 0 Å². The second-order valence-corrected chi connectivity index (χ2v) is 11.3. The van der Waals surface area contributed by atoms with Crippen molar-refractivity contribution in [3.63, 3.8) is 0 Å². The van der Waals surface area contributed by atoms with Gasteiger partial charge in [0.05, 0.1) is 24.2 Å². The largest absolute Gasteiger partial charge is 0.378 e. The lowest BCUT2D eigenvalue weighted by Gasteiger charge is -2.45. The van der Waals surface area contributed by atoms with E-state index in [2.05, 4.69) is 15.1 Å². The van der Waals surface area contributed by atoms with E-state index >= 15 is 0 Å². The van der Waals surface area contributed by atoms with E-state index in [1.807, 2.05) is 4.90 Å². The molecule has 0 aromatic carbocycles. The number of Topliss-reactive ketones (excluding diaryl/α,β-unsaturated/α-hetero) is 1. The molecule has 5 aliphatic heterocycles. The Morgan fingerprint density at radius 2 is 1.88 bits per heavy atom.